The van der Waals surface area contributed by atoms with Gasteiger partial charge in [-0.25, -0.2) is 9.37 Å². The Labute approximate surface area is 124 Å². The highest BCUT2D eigenvalue weighted by atomic mass is 79.9. The Morgan fingerprint density at radius 1 is 1.40 bits per heavy atom. The van der Waals surface area contributed by atoms with Crippen molar-refractivity contribution in [3.05, 3.63) is 52.4 Å². The van der Waals surface area contributed by atoms with E-state index in [0.717, 1.165) is 0 Å². The lowest BCUT2D eigenvalue weighted by molar-refractivity contribution is 0.102. The van der Waals surface area contributed by atoms with Crippen molar-refractivity contribution in [1.82, 2.24) is 4.98 Å². The second-order valence-corrected chi connectivity index (χ2v) is 4.93. The van der Waals surface area contributed by atoms with E-state index in [4.69, 9.17) is 0 Å². The van der Waals surface area contributed by atoms with Crippen molar-refractivity contribution >= 4 is 33.3 Å². The van der Waals surface area contributed by atoms with Gasteiger partial charge in [-0.2, -0.15) is 0 Å². The second kappa shape index (κ2) is 6.47. The molecule has 0 saturated heterocycles. The summed E-state index contributed by atoms with van der Waals surface area (Å²) < 4.78 is 14.2. The lowest BCUT2D eigenvalue weighted by Gasteiger charge is -2.11. The first-order valence-electron chi connectivity index (χ1n) is 6.07. The van der Waals surface area contributed by atoms with E-state index < -0.39 is 11.7 Å². The highest BCUT2D eigenvalue weighted by Gasteiger charge is 2.14. The van der Waals surface area contributed by atoms with Gasteiger partial charge in [0.25, 0.3) is 5.91 Å². The van der Waals surface area contributed by atoms with E-state index in [1.165, 1.54) is 12.1 Å². The molecule has 0 spiro atoms. The summed E-state index contributed by atoms with van der Waals surface area (Å²) in [6.07, 6.45) is 1.60. The number of carbonyl (C=O) groups is 1. The molecule has 6 heteroatoms. The number of hydrogen-bond donors (Lipinski definition) is 2. The molecule has 1 heterocycles. The van der Waals surface area contributed by atoms with Crippen molar-refractivity contribution in [2.45, 2.75) is 6.92 Å². The Morgan fingerprint density at radius 3 is 2.85 bits per heavy atom. The number of hydrogen-bond acceptors (Lipinski definition) is 3. The van der Waals surface area contributed by atoms with Crippen LogP contribution in [0.5, 0.6) is 0 Å². The highest BCUT2D eigenvalue weighted by Crippen LogP contribution is 2.20. The molecule has 0 saturated carbocycles. The number of nitrogens with zero attached hydrogens (tertiary/aromatic N) is 1. The van der Waals surface area contributed by atoms with Crippen LogP contribution in [0.25, 0.3) is 0 Å². The van der Waals surface area contributed by atoms with Gasteiger partial charge in [-0.1, -0.05) is 12.1 Å². The fraction of sp³-hybridized carbons (Fsp3) is 0.143. The molecule has 20 heavy (non-hydrogen) atoms. The van der Waals surface area contributed by atoms with Gasteiger partial charge in [0, 0.05) is 17.2 Å². The molecular weight excluding hydrogens is 325 g/mol. The maximum atomic E-state index is 13.5. The first kappa shape index (κ1) is 14.5. The van der Waals surface area contributed by atoms with E-state index in [2.05, 4.69) is 31.5 Å². The predicted molar refractivity (Wildman–Crippen MR) is 80.5 cm³/mol. The van der Waals surface area contributed by atoms with Gasteiger partial charge >= 0.3 is 0 Å². The molecule has 0 radical (unpaired) electrons. The summed E-state index contributed by atoms with van der Waals surface area (Å²) >= 11 is 3.27. The first-order chi connectivity index (χ1) is 9.61. The number of anilines is 2. The largest absolute Gasteiger partial charge is 0.370 e. The third-order valence-electron chi connectivity index (χ3n) is 2.57. The Bertz CT molecular complexity index is 634. The van der Waals surface area contributed by atoms with Crippen LogP contribution in [0.1, 0.15) is 17.3 Å². The molecule has 0 unspecified atom stereocenters. The number of benzene rings is 1. The summed E-state index contributed by atoms with van der Waals surface area (Å²) in [5.41, 5.74) is 0.490. The van der Waals surface area contributed by atoms with Gasteiger partial charge in [0.1, 0.15) is 11.6 Å². The molecule has 1 amide bonds. The summed E-state index contributed by atoms with van der Waals surface area (Å²) in [5, 5.41) is 5.54. The molecule has 0 fully saturated rings. The van der Waals surface area contributed by atoms with Gasteiger partial charge in [-0.15, -0.1) is 0 Å². The number of amides is 1. The summed E-state index contributed by atoms with van der Waals surface area (Å²) in [6, 6.07) is 7.66. The van der Waals surface area contributed by atoms with Gasteiger partial charge in [0.15, 0.2) is 0 Å². The predicted octanol–water partition coefficient (Wildman–Crippen LogP) is 3.67. The molecule has 2 rings (SSSR count). The molecule has 2 N–H and O–H groups in total. The zero-order valence-electron chi connectivity index (χ0n) is 10.8. The van der Waals surface area contributed by atoms with Crippen molar-refractivity contribution in [3.8, 4) is 0 Å². The van der Waals surface area contributed by atoms with E-state index in [1.54, 1.807) is 24.4 Å². The van der Waals surface area contributed by atoms with Crippen LogP contribution in [0.15, 0.2) is 41.0 Å². The number of aromatic nitrogens is 1. The second-order valence-electron chi connectivity index (χ2n) is 4.01. The lowest BCUT2D eigenvalue weighted by Crippen LogP contribution is -2.16. The number of rotatable bonds is 4. The van der Waals surface area contributed by atoms with Crippen LogP contribution in [-0.4, -0.2) is 17.4 Å². The molecule has 0 atom stereocenters. The number of pyridine rings is 1. The smallest absolute Gasteiger partial charge is 0.259 e. The van der Waals surface area contributed by atoms with Crippen molar-refractivity contribution in [2.24, 2.45) is 0 Å². The topological polar surface area (TPSA) is 54.0 Å². The van der Waals surface area contributed by atoms with Crippen molar-refractivity contribution in [3.63, 3.8) is 0 Å². The van der Waals surface area contributed by atoms with Crippen LogP contribution in [0.4, 0.5) is 15.9 Å². The Morgan fingerprint density at radius 2 is 2.15 bits per heavy atom. The number of para-hydroxylation sites is 1. The summed E-state index contributed by atoms with van der Waals surface area (Å²) in [6.45, 7) is 2.54. The number of carbonyl (C=O) groups excluding carboxylic acids is 1. The molecule has 1 aromatic carbocycles. The van der Waals surface area contributed by atoms with Crippen molar-refractivity contribution < 1.29 is 9.18 Å². The van der Waals surface area contributed by atoms with Crippen LogP contribution in [0.3, 0.4) is 0 Å². The van der Waals surface area contributed by atoms with E-state index in [1.807, 2.05) is 6.92 Å². The maximum absolute atomic E-state index is 13.5. The van der Waals surface area contributed by atoms with Gasteiger partial charge in [0.05, 0.1) is 11.3 Å². The van der Waals surface area contributed by atoms with Crippen LogP contribution in [-0.2, 0) is 0 Å². The standard InChI is InChI=1S/C14H13BrFN3O/c1-2-17-13-10(7-9(15)8-18-13)14(20)19-12-6-4-3-5-11(12)16/h3-8H,2H2,1H3,(H,17,18)(H,19,20). The highest BCUT2D eigenvalue weighted by molar-refractivity contribution is 9.10. The van der Waals surface area contributed by atoms with Crippen LogP contribution in [0.2, 0.25) is 0 Å². The average Bonchev–Trinajstić information content (AvgIpc) is 2.43. The minimum absolute atomic E-state index is 0.139. The van der Waals surface area contributed by atoms with Gasteiger partial charge in [0.2, 0.25) is 0 Å². The fourth-order valence-corrected chi connectivity index (χ4v) is 2.00. The Kier molecular flexibility index (Phi) is 4.68. The molecule has 104 valence electrons. The van der Waals surface area contributed by atoms with Gasteiger partial charge in [-0.3, -0.25) is 4.79 Å². The normalized spacial score (nSPS) is 10.2. The zero-order chi connectivity index (χ0) is 14.5. The third kappa shape index (κ3) is 3.33. The number of halogens is 2. The van der Waals surface area contributed by atoms with E-state index in [-0.39, 0.29) is 5.69 Å². The molecule has 0 aliphatic heterocycles. The SMILES string of the molecule is CCNc1ncc(Br)cc1C(=O)Nc1ccccc1F. The minimum Gasteiger partial charge on any atom is -0.370 e. The molecule has 1 aromatic heterocycles. The fourth-order valence-electron chi connectivity index (χ4n) is 1.67. The lowest BCUT2D eigenvalue weighted by atomic mass is 10.2. The maximum Gasteiger partial charge on any atom is 0.259 e. The Balaban J connectivity index is 2.29. The van der Waals surface area contributed by atoms with E-state index >= 15 is 0 Å². The van der Waals surface area contributed by atoms with E-state index in [9.17, 15) is 9.18 Å². The van der Waals surface area contributed by atoms with Crippen molar-refractivity contribution in [2.75, 3.05) is 17.2 Å². The molecule has 0 aliphatic carbocycles. The molecule has 2 aromatic rings. The summed E-state index contributed by atoms with van der Waals surface area (Å²) in [7, 11) is 0. The molecule has 0 bridgehead atoms. The summed E-state index contributed by atoms with van der Waals surface area (Å²) in [5.74, 6) is -0.432. The molecular formula is C14H13BrFN3O. The van der Waals surface area contributed by atoms with E-state index in [0.29, 0.717) is 22.4 Å². The zero-order valence-corrected chi connectivity index (χ0v) is 12.4. The monoisotopic (exact) mass is 337 g/mol. The molecule has 0 aliphatic rings. The third-order valence-corrected chi connectivity index (χ3v) is 3.00. The number of nitrogens with one attached hydrogen (secondary N) is 2. The first-order valence-corrected chi connectivity index (χ1v) is 6.86. The molecule has 4 nitrogen and oxygen atoms in total. The van der Waals surface area contributed by atoms with Crippen LogP contribution >= 0.6 is 15.9 Å². The van der Waals surface area contributed by atoms with Gasteiger partial charge < -0.3 is 10.6 Å². The van der Waals surface area contributed by atoms with Crippen LogP contribution in [0, 0.1) is 5.82 Å². The summed E-state index contributed by atoms with van der Waals surface area (Å²) in [4.78, 5) is 16.4. The average molecular weight is 338 g/mol. The van der Waals surface area contributed by atoms with Crippen LogP contribution < -0.4 is 10.6 Å². The minimum atomic E-state index is -0.478. The van der Waals surface area contributed by atoms with Gasteiger partial charge in [-0.05, 0) is 41.1 Å². The van der Waals surface area contributed by atoms with Crippen molar-refractivity contribution in [1.29, 1.82) is 0 Å². The Hall–Kier alpha value is -1.95. The quantitative estimate of drug-likeness (QED) is 0.894.